The quantitative estimate of drug-likeness (QED) is 0.730. The van der Waals surface area contributed by atoms with Gasteiger partial charge in [-0.2, -0.15) is 5.26 Å². The minimum atomic E-state index is -0.609. The minimum Gasteiger partial charge on any atom is -0.442 e. The Morgan fingerprint density at radius 2 is 2.11 bits per heavy atom. The van der Waals surface area contributed by atoms with E-state index in [4.69, 9.17) is 14.7 Å². The number of benzene rings is 2. The summed E-state index contributed by atoms with van der Waals surface area (Å²) in [5.74, 6) is 0. The Morgan fingerprint density at radius 3 is 2.96 bits per heavy atom. The van der Waals surface area contributed by atoms with Gasteiger partial charge in [0, 0.05) is 6.54 Å². The fourth-order valence-electron chi connectivity index (χ4n) is 3.00. The minimum absolute atomic E-state index is 0.314. The molecule has 2 aromatic carbocycles. The smallest absolute Gasteiger partial charge is 0.412 e. The van der Waals surface area contributed by atoms with E-state index in [2.05, 4.69) is 15.2 Å². The van der Waals surface area contributed by atoms with E-state index in [0.29, 0.717) is 37.6 Å². The van der Waals surface area contributed by atoms with E-state index in [0.717, 1.165) is 15.3 Å². The normalized spacial score (nSPS) is 17.0. The molecule has 1 aliphatic heterocycles. The Bertz CT molecular complexity index is 996. The van der Waals surface area contributed by atoms with Crippen molar-refractivity contribution in [1.82, 2.24) is 4.98 Å². The molecule has 0 radical (unpaired) electrons. The lowest BCUT2D eigenvalue weighted by atomic mass is 10.2. The van der Waals surface area contributed by atoms with Crippen LogP contribution in [0.2, 0.25) is 0 Å². The zero-order valence-electron chi connectivity index (χ0n) is 15.0. The number of nitriles is 1. The number of hydrogen-bond donors (Lipinski definition) is 1. The third-order valence-corrected chi connectivity index (χ3v) is 5.44. The second-order valence-corrected chi connectivity index (χ2v) is 7.30. The number of carbonyl (C=O) groups excluding carboxylic acids is 1. The van der Waals surface area contributed by atoms with Gasteiger partial charge in [-0.1, -0.05) is 35.6 Å². The molecule has 1 N–H and O–H groups in total. The van der Waals surface area contributed by atoms with Crippen molar-refractivity contribution in [2.75, 3.05) is 36.5 Å². The van der Waals surface area contributed by atoms with Crippen LogP contribution in [0.5, 0.6) is 0 Å². The highest BCUT2D eigenvalue weighted by atomic mass is 32.1. The molecule has 4 rings (SSSR count). The number of amides is 1. The summed E-state index contributed by atoms with van der Waals surface area (Å²) in [6.07, 6.45) is -1.05. The van der Waals surface area contributed by atoms with Crippen LogP contribution >= 0.6 is 11.3 Å². The summed E-state index contributed by atoms with van der Waals surface area (Å²) in [5.41, 5.74) is 1.76. The van der Waals surface area contributed by atoms with Crippen molar-refractivity contribution in [2.45, 2.75) is 6.10 Å². The second-order valence-electron chi connectivity index (χ2n) is 6.29. The average molecular weight is 394 g/mol. The van der Waals surface area contributed by atoms with Gasteiger partial charge in [0.15, 0.2) is 5.13 Å². The summed E-state index contributed by atoms with van der Waals surface area (Å²) in [6, 6.07) is 16.8. The molecule has 28 heavy (non-hydrogen) atoms. The number of carbonyl (C=O) groups is 1. The second kappa shape index (κ2) is 8.25. The molecule has 3 aromatic rings. The van der Waals surface area contributed by atoms with E-state index < -0.39 is 12.2 Å². The van der Waals surface area contributed by atoms with Crippen LogP contribution < -0.4 is 10.2 Å². The fourth-order valence-corrected chi connectivity index (χ4v) is 4.00. The number of nitrogens with zero attached hydrogens (tertiary/aromatic N) is 3. The van der Waals surface area contributed by atoms with Crippen molar-refractivity contribution >= 4 is 38.5 Å². The molecular weight excluding hydrogens is 376 g/mol. The molecule has 1 saturated heterocycles. The van der Waals surface area contributed by atoms with Crippen molar-refractivity contribution < 1.29 is 14.3 Å². The predicted molar refractivity (Wildman–Crippen MR) is 108 cm³/mol. The largest absolute Gasteiger partial charge is 0.442 e. The van der Waals surface area contributed by atoms with E-state index in [1.165, 1.54) is 0 Å². The Balaban J connectivity index is 1.44. The number of rotatable bonds is 3. The molecule has 8 heteroatoms. The van der Waals surface area contributed by atoms with Crippen LogP contribution in [0.15, 0.2) is 48.5 Å². The topological polar surface area (TPSA) is 87.5 Å². The van der Waals surface area contributed by atoms with Crippen LogP contribution in [0.25, 0.3) is 10.2 Å². The third kappa shape index (κ3) is 4.06. The van der Waals surface area contributed by atoms with Gasteiger partial charge in [0.25, 0.3) is 0 Å². The van der Waals surface area contributed by atoms with E-state index in [1.807, 2.05) is 30.3 Å². The SMILES string of the molecule is N#Cc1ccccc1NC(=O)OC1COCCN(c2nc3ccccc3s2)C1. The Hall–Kier alpha value is -3.15. The Morgan fingerprint density at radius 1 is 1.29 bits per heavy atom. The maximum Gasteiger partial charge on any atom is 0.412 e. The van der Waals surface area contributed by atoms with Gasteiger partial charge in [-0.15, -0.1) is 0 Å². The first-order valence-corrected chi connectivity index (χ1v) is 9.69. The van der Waals surface area contributed by atoms with E-state index in [9.17, 15) is 4.79 Å². The summed E-state index contributed by atoms with van der Waals surface area (Å²) >= 11 is 1.61. The number of ether oxygens (including phenoxy) is 2. The molecule has 1 atom stereocenters. The number of thiazole rings is 1. The van der Waals surface area contributed by atoms with Crippen molar-refractivity contribution in [1.29, 1.82) is 5.26 Å². The van der Waals surface area contributed by atoms with Crippen LogP contribution in [0, 0.1) is 11.3 Å². The number of fused-ring (bicyclic) bond motifs is 1. The summed E-state index contributed by atoms with van der Waals surface area (Å²) < 4.78 is 12.3. The zero-order valence-corrected chi connectivity index (χ0v) is 15.8. The van der Waals surface area contributed by atoms with Crippen LogP contribution in [0.1, 0.15) is 5.56 Å². The van der Waals surface area contributed by atoms with Crippen LogP contribution in [-0.2, 0) is 9.47 Å². The monoisotopic (exact) mass is 394 g/mol. The van der Waals surface area contributed by atoms with Gasteiger partial charge < -0.3 is 14.4 Å². The molecule has 0 spiro atoms. The van der Waals surface area contributed by atoms with E-state index in [-0.39, 0.29) is 0 Å². The van der Waals surface area contributed by atoms with Crippen molar-refractivity contribution in [3.63, 3.8) is 0 Å². The molecule has 142 valence electrons. The van der Waals surface area contributed by atoms with Gasteiger partial charge >= 0.3 is 6.09 Å². The lowest BCUT2D eigenvalue weighted by molar-refractivity contribution is 0.0444. The maximum absolute atomic E-state index is 12.3. The third-order valence-electron chi connectivity index (χ3n) is 4.34. The molecule has 7 nitrogen and oxygen atoms in total. The molecule has 1 aromatic heterocycles. The molecule has 1 unspecified atom stereocenters. The molecule has 0 saturated carbocycles. The standard InChI is InChI=1S/C20H18N4O3S/c21-11-14-5-1-2-6-16(14)23-20(25)27-15-12-24(9-10-26-13-15)19-22-17-7-3-4-8-18(17)28-19/h1-8,15H,9-10,12-13H2,(H,23,25). The van der Waals surface area contributed by atoms with Gasteiger partial charge in [-0.05, 0) is 24.3 Å². The van der Waals surface area contributed by atoms with Crippen LogP contribution in [0.4, 0.5) is 15.6 Å². The predicted octanol–water partition coefficient (Wildman–Crippen LogP) is 3.62. The summed E-state index contributed by atoms with van der Waals surface area (Å²) in [5, 5.41) is 12.7. The van der Waals surface area contributed by atoms with Crippen molar-refractivity contribution in [2.24, 2.45) is 0 Å². The van der Waals surface area contributed by atoms with Crippen molar-refractivity contribution in [3.05, 3.63) is 54.1 Å². The molecular formula is C20H18N4O3S. The summed E-state index contributed by atoms with van der Waals surface area (Å²) in [4.78, 5) is 19.1. The van der Waals surface area contributed by atoms with Gasteiger partial charge in [0.05, 0.1) is 41.2 Å². The van der Waals surface area contributed by atoms with E-state index >= 15 is 0 Å². The van der Waals surface area contributed by atoms with Crippen LogP contribution in [0.3, 0.4) is 0 Å². The first kappa shape index (κ1) is 18.2. The first-order valence-electron chi connectivity index (χ1n) is 8.88. The molecule has 1 fully saturated rings. The van der Waals surface area contributed by atoms with E-state index in [1.54, 1.807) is 35.6 Å². The lowest BCUT2D eigenvalue weighted by Gasteiger charge is -2.23. The molecule has 2 heterocycles. The van der Waals surface area contributed by atoms with Crippen molar-refractivity contribution in [3.8, 4) is 6.07 Å². The highest BCUT2D eigenvalue weighted by Gasteiger charge is 2.24. The molecule has 1 aliphatic rings. The van der Waals surface area contributed by atoms with Gasteiger partial charge in [-0.3, -0.25) is 5.32 Å². The average Bonchev–Trinajstić information content (AvgIpc) is 3.01. The highest BCUT2D eigenvalue weighted by Crippen LogP contribution is 2.29. The molecule has 0 aliphatic carbocycles. The number of aromatic nitrogens is 1. The zero-order chi connectivity index (χ0) is 19.3. The van der Waals surface area contributed by atoms with Gasteiger partial charge in [0.1, 0.15) is 12.2 Å². The maximum atomic E-state index is 12.3. The fraction of sp³-hybridized carbons (Fsp3) is 0.250. The molecule has 1 amide bonds. The number of nitrogens with one attached hydrogen (secondary N) is 1. The Kier molecular flexibility index (Phi) is 5.37. The van der Waals surface area contributed by atoms with Gasteiger partial charge in [0.2, 0.25) is 0 Å². The van der Waals surface area contributed by atoms with Gasteiger partial charge in [-0.25, -0.2) is 9.78 Å². The Labute approximate surface area is 166 Å². The number of para-hydroxylation sites is 2. The number of hydrogen-bond acceptors (Lipinski definition) is 7. The number of anilines is 2. The molecule has 0 bridgehead atoms. The van der Waals surface area contributed by atoms with Crippen LogP contribution in [-0.4, -0.2) is 43.5 Å². The highest BCUT2D eigenvalue weighted by molar-refractivity contribution is 7.22. The summed E-state index contributed by atoms with van der Waals surface area (Å²) in [6.45, 7) is 2.02. The first-order chi connectivity index (χ1) is 13.7. The lowest BCUT2D eigenvalue weighted by Crippen LogP contribution is -2.36. The summed E-state index contributed by atoms with van der Waals surface area (Å²) in [7, 11) is 0.